The molecule has 256 valence electrons. The molecule has 0 spiro atoms. The average molecular weight is 654 g/mol. The molecule has 4 aliphatic carbocycles. The maximum atomic E-state index is 13.6. The molecule has 0 bridgehead atoms. The topological polar surface area (TPSA) is 102 Å². The van der Waals surface area contributed by atoms with Crippen molar-refractivity contribution in [3.63, 3.8) is 0 Å². The first-order valence-corrected chi connectivity index (χ1v) is 19.5. The Morgan fingerprint density at radius 1 is 0.978 bits per heavy atom. The summed E-state index contributed by atoms with van der Waals surface area (Å²) in [7, 11) is 0.116. The van der Waals surface area contributed by atoms with Crippen LogP contribution in [0.4, 0.5) is 5.69 Å². The quantitative estimate of drug-likeness (QED) is 0.212. The average Bonchev–Trinajstić information content (AvgIpc) is 3.44. The van der Waals surface area contributed by atoms with Gasteiger partial charge in [0.1, 0.15) is 0 Å². The maximum absolute atomic E-state index is 13.6. The molecule has 10 atom stereocenters. The van der Waals surface area contributed by atoms with E-state index in [4.69, 9.17) is 0 Å². The van der Waals surface area contributed by atoms with Crippen LogP contribution >= 0.6 is 0 Å². The number of rotatable bonds is 10. The van der Waals surface area contributed by atoms with Gasteiger partial charge in [0.25, 0.3) is 10.0 Å². The van der Waals surface area contributed by atoms with E-state index in [-0.39, 0.29) is 21.6 Å². The van der Waals surface area contributed by atoms with E-state index >= 15 is 0 Å². The van der Waals surface area contributed by atoms with Crippen molar-refractivity contribution in [1.29, 1.82) is 0 Å². The molecular weight excluding hydrogens is 595 g/mol. The summed E-state index contributed by atoms with van der Waals surface area (Å²) in [4.78, 5) is 4.94. The summed E-state index contributed by atoms with van der Waals surface area (Å²) >= 11 is 0. The van der Waals surface area contributed by atoms with Crippen molar-refractivity contribution in [3.8, 4) is 0 Å². The number of nitrogens with one attached hydrogen (secondary N) is 2. The van der Waals surface area contributed by atoms with Gasteiger partial charge in [-0.25, -0.2) is 13.8 Å². The van der Waals surface area contributed by atoms with Crippen LogP contribution in [-0.2, 0) is 10.0 Å². The Balaban J connectivity index is 1.26. The second-order valence-corrected chi connectivity index (χ2v) is 18.5. The predicted octanol–water partition coefficient (Wildman–Crippen LogP) is 6.73. The largest absolute Gasteiger partial charge is 0.393 e. The minimum Gasteiger partial charge on any atom is -0.393 e. The number of benzene rings is 2. The molecule has 6 rings (SSSR count). The molecule has 3 unspecified atom stereocenters. The summed E-state index contributed by atoms with van der Waals surface area (Å²) in [5.74, 6) is 3.10. The molecule has 4 N–H and O–H groups in total. The zero-order chi connectivity index (χ0) is 33.2. The maximum Gasteiger partial charge on any atom is 0.253 e. The number of nitrogens with zero attached hydrogens (tertiary/aromatic N) is 1. The van der Waals surface area contributed by atoms with Crippen molar-refractivity contribution in [3.05, 3.63) is 36.4 Å². The second-order valence-electron chi connectivity index (χ2n) is 16.9. The van der Waals surface area contributed by atoms with Crippen molar-refractivity contribution in [2.24, 2.45) is 52.3 Å². The van der Waals surface area contributed by atoms with Crippen LogP contribution in [0.3, 0.4) is 0 Å². The molecule has 8 heteroatoms. The number of hydrogen-bond donors (Lipinski definition) is 4. The fourth-order valence-corrected chi connectivity index (χ4v) is 12.4. The number of sulfonamides is 1. The fourth-order valence-electron chi connectivity index (χ4n) is 11.5. The summed E-state index contributed by atoms with van der Waals surface area (Å²) in [6, 6.07) is 11.2. The van der Waals surface area contributed by atoms with E-state index in [1.165, 1.54) is 32.1 Å². The van der Waals surface area contributed by atoms with Gasteiger partial charge in [0.05, 0.1) is 16.6 Å². The summed E-state index contributed by atoms with van der Waals surface area (Å²) < 4.78 is 27.2. The van der Waals surface area contributed by atoms with E-state index in [1.807, 2.05) is 43.3 Å². The van der Waals surface area contributed by atoms with Gasteiger partial charge in [0, 0.05) is 44.1 Å². The minimum absolute atomic E-state index is 0.145. The van der Waals surface area contributed by atoms with E-state index in [0.29, 0.717) is 48.5 Å². The number of anilines is 1. The van der Waals surface area contributed by atoms with Crippen molar-refractivity contribution in [1.82, 2.24) is 10.3 Å². The van der Waals surface area contributed by atoms with Crippen LogP contribution in [0.25, 0.3) is 10.8 Å². The Labute approximate surface area is 277 Å². The Morgan fingerprint density at radius 3 is 2.46 bits per heavy atom. The lowest BCUT2D eigenvalue weighted by Gasteiger charge is -2.52. The van der Waals surface area contributed by atoms with E-state index in [9.17, 15) is 18.6 Å². The van der Waals surface area contributed by atoms with Crippen LogP contribution in [0.15, 0.2) is 41.3 Å². The van der Waals surface area contributed by atoms with Gasteiger partial charge in [-0.3, -0.25) is 0 Å². The molecule has 7 nitrogen and oxygen atoms in total. The molecule has 0 amide bonds. The third-order valence-electron chi connectivity index (χ3n) is 13.9. The molecule has 0 saturated heterocycles. The number of hydrazine groups is 1. The Kier molecular flexibility index (Phi) is 9.15. The zero-order valence-corrected chi connectivity index (χ0v) is 30.0. The lowest BCUT2D eigenvalue weighted by molar-refractivity contribution is -0.151. The molecule has 0 heterocycles. The molecule has 46 heavy (non-hydrogen) atoms. The van der Waals surface area contributed by atoms with Gasteiger partial charge in [0.2, 0.25) is 0 Å². The van der Waals surface area contributed by atoms with Gasteiger partial charge < -0.3 is 15.1 Å². The van der Waals surface area contributed by atoms with E-state index in [0.717, 1.165) is 35.7 Å². The SMILES string of the molecule is CC(C)CC[C@@H](C)[C@H]1CCC2C3C(CC[C@@]21C)[C@@]1(C)CC[C@H](O)C[C@@]1(O)[C@@H]3CNNS(=O)(=O)c1ccc2c(N(C)C)cccc2c1. The molecular formula is C38H59N3O4S. The highest BCUT2D eigenvalue weighted by Gasteiger charge is 2.72. The third kappa shape index (κ3) is 5.52. The highest BCUT2D eigenvalue weighted by molar-refractivity contribution is 7.89. The van der Waals surface area contributed by atoms with Crippen molar-refractivity contribution >= 4 is 26.5 Å². The van der Waals surface area contributed by atoms with Crippen molar-refractivity contribution in [2.75, 3.05) is 25.5 Å². The lowest BCUT2D eigenvalue weighted by Crippen LogP contribution is -2.56. The van der Waals surface area contributed by atoms with Gasteiger partial charge in [-0.05, 0) is 108 Å². The molecule has 2 aromatic carbocycles. The van der Waals surface area contributed by atoms with Crippen LogP contribution in [0, 0.1) is 52.3 Å². The van der Waals surface area contributed by atoms with Crippen LogP contribution in [0.2, 0.25) is 0 Å². The monoisotopic (exact) mass is 653 g/mol. The normalized spacial score (nSPS) is 38.0. The summed E-state index contributed by atoms with van der Waals surface area (Å²) in [6.45, 7) is 12.3. The van der Waals surface area contributed by atoms with Gasteiger partial charge in [-0.1, -0.05) is 65.7 Å². The third-order valence-corrected chi connectivity index (χ3v) is 15.2. The molecule has 4 fully saturated rings. The van der Waals surface area contributed by atoms with Crippen molar-refractivity contribution < 1.29 is 18.6 Å². The number of hydrogen-bond acceptors (Lipinski definition) is 6. The number of aliphatic hydroxyl groups excluding tert-OH is 1. The number of fused-ring (bicyclic) bond motifs is 6. The summed E-state index contributed by atoms with van der Waals surface area (Å²) in [5.41, 5.74) is 3.07. The van der Waals surface area contributed by atoms with E-state index < -0.39 is 21.7 Å². The zero-order valence-electron chi connectivity index (χ0n) is 29.2. The van der Waals surface area contributed by atoms with Gasteiger partial charge >= 0.3 is 0 Å². The smallest absolute Gasteiger partial charge is 0.253 e. The Bertz CT molecular complexity index is 1530. The van der Waals surface area contributed by atoms with E-state index in [1.54, 1.807) is 12.1 Å². The van der Waals surface area contributed by atoms with Gasteiger partial charge in [-0.15, -0.1) is 4.83 Å². The summed E-state index contributed by atoms with van der Waals surface area (Å²) in [6.07, 6.45) is 8.64. The lowest BCUT2D eigenvalue weighted by atomic mass is 9.53. The first-order valence-electron chi connectivity index (χ1n) is 18.0. The van der Waals surface area contributed by atoms with Crippen molar-refractivity contribution in [2.45, 2.75) is 109 Å². The first-order chi connectivity index (χ1) is 21.6. The highest BCUT2D eigenvalue weighted by Crippen LogP contribution is 2.73. The molecule has 0 aromatic heterocycles. The minimum atomic E-state index is -3.85. The Morgan fingerprint density at radius 2 is 1.74 bits per heavy atom. The predicted molar refractivity (Wildman–Crippen MR) is 187 cm³/mol. The molecule has 2 aromatic rings. The Hall–Kier alpha value is -1.71. The molecule has 0 radical (unpaired) electrons. The van der Waals surface area contributed by atoms with Gasteiger partial charge in [0.15, 0.2) is 0 Å². The molecule has 4 aliphatic rings. The fraction of sp³-hybridized carbons (Fsp3) is 0.737. The van der Waals surface area contributed by atoms with Crippen LogP contribution < -0.4 is 15.2 Å². The molecule has 0 aliphatic heterocycles. The van der Waals surface area contributed by atoms with Crippen LogP contribution in [0.1, 0.15) is 92.4 Å². The van der Waals surface area contributed by atoms with Crippen LogP contribution in [0.5, 0.6) is 0 Å². The van der Waals surface area contributed by atoms with Crippen LogP contribution in [-0.4, -0.2) is 51.0 Å². The first kappa shape index (κ1) is 34.2. The van der Waals surface area contributed by atoms with Gasteiger partial charge in [-0.2, -0.15) is 0 Å². The van der Waals surface area contributed by atoms with E-state index in [2.05, 4.69) is 44.9 Å². The highest BCUT2D eigenvalue weighted by atomic mass is 32.2. The second kappa shape index (κ2) is 12.3. The standard InChI is InChI=1S/C38H59N3O4S/c1-24(2)11-12-25(3)30-15-16-31-35-32(18-19-36(30,31)4)37(5)20-17-27(42)22-38(37,43)33(35)23-39-40-46(44,45)28-13-14-29-26(21-28)9-8-10-34(29)41(6)7/h8-10,13-14,21,24-25,27,30-33,35,39-40,42-43H,11-12,15-20,22-23H2,1-7H3/t25-,27+,30-,31?,32?,33-,35?,36-,37-,38-/m1/s1. The molecule has 4 saturated carbocycles. The number of aliphatic hydroxyl groups is 2. The summed E-state index contributed by atoms with van der Waals surface area (Å²) in [5, 5.41) is 25.5.